The first-order valence-electron chi connectivity index (χ1n) is 15.2. The lowest BCUT2D eigenvalue weighted by Gasteiger charge is -2.43. The van der Waals surface area contributed by atoms with Crippen LogP contribution in [0.1, 0.15) is 44.1 Å². The van der Waals surface area contributed by atoms with Crippen molar-refractivity contribution in [3.05, 3.63) is 96.1 Å². The topological polar surface area (TPSA) is 101 Å². The highest BCUT2D eigenvalue weighted by atomic mass is 16.5. The van der Waals surface area contributed by atoms with Crippen molar-refractivity contribution in [1.82, 2.24) is 24.9 Å². The Hall–Kier alpha value is -4.82. The summed E-state index contributed by atoms with van der Waals surface area (Å²) < 4.78 is 5.96. The van der Waals surface area contributed by atoms with E-state index in [1.165, 1.54) is 5.56 Å². The van der Waals surface area contributed by atoms with Gasteiger partial charge in [-0.3, -0.25) is 15.0 Å². The van der Waals surface area contributed by atoms with Gasteiger partial charge >= 0.3 is 0 Å². The van der Waals surface area contributed by atoms with Crippen LogP contribution in [0.5, 0.6) is 0 Å². The van der Waals surface area contributed by atoms with Crippen LogP contribution in [0.4, 0.5) is 22.7 Å². The molecule has 6 aromatic rings. The van der Waals surface area contributed by atoms with Crippen LogP contribution >= 0.6 is 0 Å². The third-order valence-electron chi connectivity index (χ3n) is 8.98. The van der Waals surface area contributed by atoms with Crippen LogP contribution in [0.15, 0.2) is 79.1 Å². The SMILES string of the molecule is Cc1cc(Nc2ccc3nc(-c4ccc(Nc5cc(C)nc6ccc(C7(C)CC(C)OC[C@@H]7C)cc56)cn4)[nH]c3c2)ccn1. The van der Waals surface area contributed by atoms with E-state index in [1.54, 1.807) is 6.20 Å². The fourth-order valence-corrected chi connectivity index (χ4v) is 6.33. The maximum Gasteiger partial charge on any atom is 0.157 e. The molecule has 0 saturated carbocycles. The minimum Gasteiger partial charge on any atom is -0.378 e. The largest absolute Gasteiger partial charge is 0.378 e. The second-order valence-corrected chi connectivity index (χ2v) is 12.4. The van der Waals surface area contributed by atoms with E-state index in [9.17, 15) is 0 Å². The lowest BCUT2D eigenvalue weighted by Crippen LogP contribution is -2.42. The van der Waals surface area contributed by atoms with Gasteiger partial charge in [-0.2, -0.15) is 0 Å². The normalized spacial score (nSPS) is 20.2. The molecule has 0 aliphatic carbocycles. The smallest absolute Gasteiger partial charge is 0.157 e. The Balaban J connectivity index is 1.14. The number of aryl methyl sites for hydroxylation is 2. The molecule has 8 nitrogen and oxygen atoms in total. The second-order valence-electron chi connectivity index (χ2n) is 12.4. The molecule has 1 aliphatic heterocycles. The number of hydrogen-bond acceptors (Lipinski definition) is 7. The molecule has 1 aliphatic rings. The predicted molar refractivity (Wildman–Crippen MR) is 178 cm³/mol. The Labute approximate surface area is 257 Å². The monoisotopic (exact) mass is 583 g/mol. The fourth-order valence-electron chi connectivity index (χ4n) is 6.33. The van der Waals surface area contributed by atoms with E-state index < -0.39 is 0 Å². The molecule has 4 aromatic heterocycles. The summed E-state index contributed by atoms with van der Waals surface area (Å²) in [5.74, 6) is 1.15. The van der Waals surface area contributed by atoms with Gasteiger partial charge in [-0.05, 0) is 105 Å². The highest BCUT2D eigenvalue weighted by Crippen LogP contribution is 2.42. The lowest BCUT2D eigenvalue weighted by molar-refractivity contribution is -0.0409. The van der Waals surface area contributed by atoms with Gasteiger partial charge in [-0.1, -0.05) is 19.9 Å². The van der Waals surface area contributed by atoms with Crippen molar-refractivity contribution in [1.29, 1.82) is 0 Å². The summed E-state index contributed by atoms with van der Waals surface area (Å²) in [4.78, 5) is 22.1. The minimum absolute atomic E-state index is 0.0404. The van der Waals surface area contributed by atoms with Crippen molar-refractivity contribution >= 4 is 44.7 Å². The van der Waals surface area contributed by atoms with Crippen molar-refractivity contribution < 1.29 is 4.74 Å². The lowest BCUT2D eigenvalue weighted by atomic mass is 9.68. The quantitative estimate of drug-likeness (QED) is 0.181. The van der Waals surface area contributed by atoms with E-state index >= 15 is 0 Å². The molecule has 8 heteroatoms. The summed E-state index contributed by atoms with van der Waals surface area (Å²) >= 11 is 0. The number of ether oxygens (including phenoxy) is 1. The van der Waals surface area contributed by atoms with Gasteiger partial charge in [0.2, 0.25) is 0 Å². The van der Waals surface area contributed by atoms with Crippen LogP contribution in [-0.2, 0) is 10.2 Å². The first-order chi connectivity index (χ1) is 21.2. The molecule has 0 bridgehead atoms. The molecule has 0 spiro atoms. The molecule has 7 rings (SSSR count). The van der Waals surface area contributed by atoms with Crippen LogP contribution in [0, 0.1) is 19.8 Å². The number of anilines is 4. The molecular formula is C36H37N7O. The number of aromatic nitrogens is 5. The zero-order valence-electron chi connectivity index (χ0n) is 25.8. The summed E-state index contributed by atoms with van der Waals surface area (Å²) in [6.45, 7) is 11.6. The van der Waals surface area contributed by atoms with Crippen LogP contribution in [-0.4, -0.2) is 37.6 Å². The van der Waals surface area contributed by atoms with Gasteiger partial charge in [-0.15, -0.1) is 0 Å². The molecule has 2 aromatic carbocycles. The number of hydrogen-bond donors (Lipinski definition) is 3. The highest BCUT2D eigenvalue weighted by Gasteiger charge is 2.38. The number of nitrogens with one attached hydrogen (secondary N) is 3. The standard InChI is InChI=1S/C36H37N7O/c1-21-20-44-24(4)18-36(21,5)25-6-9-30-29(16-25)33(15-23(3)39-30)41-28-8-11-32(38-19-28)35-42-31-10-7-26(17-34(31)43-35)40-27-12-13-37-22(2)14-27/h6-17,19,21,24H,18,20H2,1-5H3,(H,37,40)(H,39,41)(H,42,43)/t21-,24?,36?/m0/s1. The average Bonchev–Trinajstić information content (AvgIpc) is 3.43. The Bertz CT molecular complexity index is 1980. The van der Waals surface area contributed by atoms with E-state index in [1.807, 2.05) is 56.4 Å². The number of H-pyrrole nitrogens is 1. The molecule has 5 heterocycles. The van der Waals surface area contributed by atoms with Crippen molar-refractivity contribution in [2.75, 3.05) is 17.2 Å². The Morgan fingerprint density at radius 1 is 0.818 bits per heavy atom. The highest BCUT2D eigenvalue weighted by molar-refractivity contribution is 5.94. The van der Waals surface area contributed by atoms with Gasteiger partial charge in [0.1, 0.15) is 5.69 Å². The zero-order chi connectivity index (χ0) is 30.4. The summed E-state index contributed by atoms with van der Waals surface area (Å²) in [6.07, 6.45) is 4.90. The third-order valence-corrected chi connectivity index (χ3v) is 8.98. The van der Waals surface area contributed by atoms with E-state index in [-0.39, 0.29) is 11.5 Å². The molecule has 44 heavy (non-hydrogen) atoms. The van der Waals surface area contributed by atoms with E-state index in [0.29, 0.717) is 5.92 Å². The van der Waals surface area contributed by atoms with Gasteiger partial charge in [0, 0.05) is 40.0 Å². The van der Waals surface area contributed by atoms with Crippen molar-refractivity contribution in [2.45, 2.75) is 52.6 Å². The summed E-state index contributed by atoms with van der Waals surface area (Å²) in [6, 6.07) is 22.9. The van der Waals surface area contributed by atoms with Crippen LogP contribution < -0.4 is 10.6 Å². The van der Waals surface area contributed by atoms with E-state index in [0.717, 1.165) is 80.6 Å². The van der Waals surface area contributed by atoms with Crippen molar-refractivity contribution in [2.24, 2.45) is 5.92 Å². The van der Waals surface area contributed by atoms with Gasteiger partial charge in [0.05, 0.1) is 41.1 Å². The van der Waals surface area contributed by atoms with Gasteiger partial charge in [0.15, 0.2) is 5.82 Å². The molecule has 2 unspecified atom stereocenters. The minimum atomic E-state index is 0.0404. The van der Waals surface area contributed by atoms with Crippen LogP contribution in [0.25, 0.3) is 33.5 Å². The van der Waals surface area contributed by atoms with Crippen molar-refractivity contribution in [3.63, 3.8) is 0 Å². The summed E-state index contributed by atoms with van der Waals surface area (Å²) in [5.41, 5.74) is 10.8. The Kier molecular flexibility index (Phi) is 7.01. The molecule has 0 amide bonds. The van der Waals surface area contributed by atoms with Gasteiger partial charge in [0.25, 0.3) is 0 Å². The Morgan fingerprint density at radius 3 is 2.45 bits per heavy atom. The number of imidazole rings is 1. The average molecular weight is 584 g/mol. The second kappa shape index (κ2) is 11.0. The van der Waals surface area contributed by atoms with Gasteiger partial charge < -0.3 is 20.4 Å². The molecule has 0 radical (unpaired) electrons. The molecule has 222 valence electrons. The molecule has 3 N–H and O–H groups in total. The molecule has 1 saturated heterocycles. The van der Waals surface area contributed by atoms with Crippen LogP contribution in [0.3, 0.4) is 0 Å². The number of aromatic amines is 1. The third kappa shape index (κ3) is 5.37. The first-order valence-corrected chi connectivity index (χ1v) is 15.2. The van der Waals surface area contributed by atoms with Crippen molar-refractivity contribution in [3.8, 4) is 11.5 Å². The van der Waals surface area contributed by atoms with E-state index in [4.69, 9.17) is 19.7 Å². The summed E-state index contributed by atoms with van der Waals surface area (Å²) in [5, 5.41) is 8.16. The number of pyridine rings is 3. The first kappa shape index (κ1) is 28.0. The number of fused-ring (bicyclic) bond motifs is 2. The van der Waals surface area contributed by atoms with Gasteiger partial charge in [-0.25, -0.2) is 4.98 Å². The molecule has 3 atom stereocenters. The fraction of sp³-hybridized carbons (Fsp3) is 0.278. The number of rotatable bonds is 6. The number of benzene rings is 2. The molecular weight excluding hydrogens is 546 g/mol. The summed E-state index contributed by atoms with van der Waals surface area (Å²) in [7, 11) is 0. The predicted octanol–water partition coefficient (Wildman–Crippen LogP) is 8.37. The zero-order valence-corrected chi connectivity index (χ0v) is 25.8. The van der Waals surface area contributed by atoms with Crippen LogP contribution in [0.2, 0.25) is 0 Å². The number of nitrogens with zero attached hydrogens (tertiary/aromatic N) is 4. The maximum absolute atomic E-state index is 5.96. The molecule has 1 fully saturated rings. The maximum atomic E-state index is 5.96. The van der Waals surface area contributed by atoms with E-state index in [2.05, 4.69) is 71.7 Å². The Morgan fingerprint density at radius 2 is 1.64 bits per heavy atom.